The van der Waals surface area contributed by atoms with E-state index in [1.807, 2.05) is 0 Å². The molecule has 0 fully saturated rings. The highest BCUT2D eigenvalue weighted by Gasteiger charge is 2.08. The molecule has 0 aromatic carbocycles. The van der Waals surface area contributed by atoms with Gasteiger partial charge >= 0.3 is 0 Å². The molecule has 3 N–H and O–H groups in total. The molecule has 9 heteroatoms. The molecule has 2 rings (SSSR count). The number of nitrogens with two attached hydrogens (primary N) is 1. The number of rotatable bonds is 3. The maximum atomic E-state index is 5.91. The Kier molecular flexibility index (Phi) is 3.31. The van der Waals surface area contributed by atoms with Gasteiger partial charge in [0.25, 0.3) is 0 Å². The smallest absolute Gasteiger partial charge is 0.238 e. The zero-order chi connectivity index (χ0) is 10.7. The third-order valence-corrected chi connectivity index (χ3v) is 3.54. The fraction of sp³-hybridized carbons (Fsp3) is 0. The molecule has 78 valence electrons. The summed E-state index contributed by atoms with van der Waals surface area (Å²) in [5, 5.41) is 8.63. The van der Waals surface area contributed by atoms with Crippen molar-refractivity contribution in [3.8, 4) is 0 Å². The predicted molar refractivity (Wildman–Crippen MR) is 58.9 cm³/mol. The van der Waals surface area contributed by atoms with E-state index in [9.17, 15) is 0 Å². The quantitative estimate of drug-likeness (QED) is 0.490. The van der Waals surface area contributed by atoms with Crippen molar-refractivity contribution in [2.75, 3.05) is 5.43 Å². The minimum absolute atomic E-state index is 0.311. The standard InChI is InChI=1S/C6H5ClN6S2/c7-3-1-9-5(12-8)11-4(3)15-6-13-10-2-14-6/h1-2H,8H2,(H,9,11,12). The largest absolute Gasteiger partial charge is 0.292 e. The molecule has 0 saturated carbocycles. The summed E-state index contributed by atoms with van der Waals surface area (Å²) in [5.41, 5.74) is 3.99. The van der Waals surface area contributed by atoms with Gasteiger partial charge in [0.15, 0.2) is 4.34 Å². The van der Waals surface area contributed by atoms with Crippen molar-refractivity contribution in [3.63, 3.8) is 0 Å². The average molecular weight is 261 g/mol. The molecule has 6 nitrogen and oxygen atoms in total. The van der Waals surface area contributed by atoms with Crippen LogP contribution in [0.4, 0.5) is 5.95 Å². The second-order valence-electron chi connectivity index (χ2n) is 2.30. The first-order valence-corrected chi connectivity index (χ1v) is 5.80. The molecule has 0 aliphatic rings. The lowest BCUT2D eigenvalue weighted by molar-refractivity contribution is 0.996. The Morgan fingerprint density at radius 2 is 2.40 bits per heavy atom. The molecule has 15 heavy (non-hydrogen) atoms. The van der Waals surface area contributed by atoms with Crippen LogP contribution >= 0.6 is 34.7 Å². The van der Waals surface area contributed by atoms with E-state index in [2.05, 4.69) is 25.6 Å². The van der Waals surface area contributed by atoms with Crippen molar-refractivity contribution in [2.45, 2.75) is 9.37 Å². The first kappa shape index (κ1) is 10.6. The van der Waals surface area contributed by atoms with Crippen molar-refractivity contribution in [1.29, 1.82) is 0 Å². The maximum absolute atomic E-state index is 5.91. The molecule has 0 radical (unpaired) electrons. The van der Waals surface area contributed by atoms with Crippen molar-refractivity contribution >= 4 is 40.6 Å². The summed E-state index contributed by atoms with van der Waals surface area (Å²) in [6, 6.07) is 0. The van der Waals surface area contributed by atoms with Gasteiger partial charge in [0, 0.05) is 0 Å². The van der Waals surface area contributed by atoms with Crippen LogP contribution < -0.4 is 11.3 Å². The van der Waals surface area contributed by atoms with Gasteiger partial charge in [-0.25, -0.2) is 15.8 Å². The number of anilines is 1. The predicted octanol–water partition coefficient (Wildman–Crippen LogP) is 1.42. The van der Waals surface area contributed by atoms with Gasteiger partial charge in [-0.1, -0.05) is 22.9 Å². The first-order valence-electron chi connectivity index (χ1n) is 3.73. The maximum Gasteiger partial charge on any atom is 0.238 e. The highest BCUT2D eigenvalue weighted by Crippen LogP contribution is 2.32. The summed E-state index contributed by atoms with van der Waals surface area (Å²) in [4.78, 5) is 7.95. The van der Waals surface area contributed by atoms with Gasteiger partial charge < -0.3 is 0 Å². The Morgan fingerprint density at radius 1 is 1.53 bits per heavy atom. The summed E-state index contributed by atoms with van der Waals surface area (Å²) in [6.07, 6.45) is 1.48. The molecule has 2 aromatic rings. The van der Waals surface area contributed by atoms with Gasteiger partial charge in [-0.05, 0) is 11.8 Å². The van der Waals surface area contributed by atoms with Crippen LogP contribution in [0.2, 0.25) is 5.02 Å². The minimum atomic E-state index is 0.311. The third kappa shape index (κ3) is 2.53. The van der Waals surface area contributed by atoms with Gasteiger partial charge in [0.05, 0.1) is 11.2 Å². The number of aromatic nitrogens is 4. The van der Waals surface area contributed by atoms with Gasteiger partial charge in [0.1, 0.15) is 10.5 Å². The van der Waals surface area contributed by atoms with Crippen molar-refractivity contribution in [3.05, 3.63) is 16.7 Å². The van der Waals surface area contributed by atoms with Crippen LogP contribution in [0, 0.1) is 0 Å². The van der Waals surface area contributed by atoms with Crippen molar-refractivity contribution < 1.29 is 0 Å². The zero-order valence-corrected chi connectivity index (χ0v) is 9.60. The van der Waals surface area contributed by atoms with Gasteiger partial charge in [0.2, 0.25) is 5.95 Å². The number of halogens is 1. The number of nitrogens with one attached hydrogen (secondary N) is 1. The van der Waals surface area contributed by atoms with Gasteiger partial charge in [-0.2, -0.15) is 0 Å². The van der Waals surface area contributed by atoms with E-state index in [4.69, 9.17) is 17.4 Å². The lowest BCUT2D eigenvalue weighted by Gasteiger charge is -2.02. The average Bonchev–Trinajstić information content (AvgIpc) is 2.74. The first-order chi connectivity index (χ1) is 7.29. The second-order valence-corrected chi connectivity index (χ2v) is 4.77. The van der Waals surface area contributed by atoms with Crippen LogP contribution in [-0.2, 0) is 0 Å². The van der Waals surface area contributed by atoms with E-state index in [-0.39, 0.29) is 0 Å². The van der Waals surface area contributed by atoms with Crippen LogP contribution in [0.3, 0.4) is 0 Å². The van der Waals surface area contributed by atoms with E-state index in [0.717, 1.165) is 4.34 Å². The Hall–Kier alpha value is -0.960. The fourth-order valence-electron chi connectivity index (χ4n) is 0.783. The lowest BCUT2D eigenvalue weighted by Crippen LogP contribution is -2.10. The summed E-state index contributed by atoms with van der Waals surface area (Å²) in [7, 11) is 0. The molecule has 0 aliphatic carbocycles. The molecule has 0 spiro atoms. The van der Waals surface area contributed by atoms with E-state index in [1.54, 1.807) is 5.51 Å². The van der Waals surface area contributed by atoms with E-state index in [0.29, 0.717) is 16.0 Å². The number of hydrogen-bond acceptors (Lipinski definition) is 8. The molecule has 2 heterocycles. The molecular weight excluding hydrogens is 256 g/mol. The van der Waals surface area contributed by atoms with E-state index >= 15 is 0 Å². The number of nitrogens with zero attached hydrogens (tertiary/aromatic N) is 4. The zero-order valence-electron chi connectivity index (χ0n) is 7.22. The third-order valence-electron chi connectivity index (χ3n) is 1.37. The monoisotopic (exact) mass is 260 g/mol. The SMILES string of the molecule is NNc1ncc(Cl)c(Sc2nncs2)n1. The lowest BCUT2D eigenvalue weighted by atomic mass is 10.7. The van der Waals surface area contributed by atoms with Crippen LogP contribution in [-0.4, -0.2) is 20.2 Å². The Morgan fingerprint density at radius 3 is 3.07 bits per heavy atom. The van der Waals surface area contributed by atoms with Crippen molar-refractivity contribution in [1.82, 2.24) is 20.2 Å². The van der Waals surface area contributed by atoms with Gasteiger partial charge in [-0.3, -0.25) is 5.43 Å². The summed E-state index contributed by atoms with van der Waals surface area (Å²) >= 11 is 8.64. The molecule has 0 unspecified atom stereocenters. The Labute approximate surface area is 98.3 Å². The summed E-state index contributed by atoms with van der Waals surface area (Å²) < 4.78 is 0.763. The molecule has 2 aromatic heterocycles. The van der Waals surface area contributed by atoms with E-state index < -0.39 is 0 Å². The van der Waals surface area contributed by atoms with Crippen LogP contribution in [0.5, 0.6) is 0 Å². The van der Waals surface area contributed by atoms with Crippen LogP contribution in [0.15, 0.2) is 21.1 Å². The summed E-state index contributed by atoms with van der Waals surface area (Å²) in [6.45, 7) is 0. The minimum Gasteiger partial charge on any atom is -0.292 e. The topological polar surface area (TPSA) is 89.6 Å². The molecule has 0 saturated heterocycles. The highest BCUT2D eigenvalue weighted by molar-refractivity contribution is 8.01. The Balaban J connectivity index is 2.27. The van der Waals surface area contributed by atoms with Crippen LogP contribution in [0.25, 0.3) is 0 Å². The molecular formula is C6H5ClN6S2. The number of nitrogen functional groups attached to an aromatic ring is 1. The summed E-state index contributed by atoms with van der Waals surface area (Å²) in [5.74, 6) is 5.50. The molecule has 0 bridgehead atoms. The Bertz CT molecular complexity index is 447. The molecule has 0 amide bonds. The molecule has 0 atom stereocenters. The number of hydrogen-bond donors (Lipinski definition) is 2. The van der Waals surface area contributed by atoms with Crippen LogP contribution in [0.1, 0.15) is 0 Å². The fourth-order valence-corrected chi connectivity index (χ4v) is 2.36. The van der Waals surface area contributed by atoms with Crippen molar-refractivity contribution in [2.24, 2.45) is 5.84 Å². The number of hydrazine groups is 1. The normalized spacial score (nSPS) is 10.3. The second kappa shape index (κ2) is 4.71. The highest BCUT2D eigenvalue weighted by atomic mass is 35.5. The van der Waals surface area contributed by atoms with E-state index in [1.165, 1.54) is 29.3 Å². The van der Waals surface area contributed by atoms with Gasteiger partial charge in [-0.15, -0.1) is 10.2 Å². The molecule has 0 aliphatic heterocycles.